The predicted octanol–water partition coefficient (Wildman–Crippen LogP) is 7.66. The molecule has 0 fully saturated rings. The number of nitrogens with one attached hydrogen (secondary N) is 7. The second-order valence-corrected chi connectivity index (χ2v) is 13.5. The zero-order valence-electron chi connectivity index (χ0n) is 38.6. The van der Waals surface area contributed by atoms with Gasteiger partial charge in [-0.3, -0.25) is 23.9 Å². The number of halogens is 3. The SMILES string of the molecule is CF.CNC(=O)c1cnc(Nc2cc(C)c(F)cn2)cc1Nc1cccc(-c2ncn[nH]2)c1OC.CNC(=O)c1cnc(Nc2cc(C)c(F)cn2)cc1Nc1cccc(C(N)=O)c1OC.[2H]C. The molecule has 9 N–H and O–H groups in total. The molecule has 0 aliphatic heterocycles. The van der Waals surface area contributed by atoms with Gasteiger partial charge in [0.25, 0.3) is 17.7 Å². The van der Waals surface area contributed by atoms with E-state index in [2.05, 4.69) is 67.0 Å². The molecule has 0 saturated carbocycles. The van der Waals surface area contributed by atoms with Crippen LogP contribution < -0.4 is 47.1 Å². The molecule has 0 aliphatic rings. The summed E-state index contributed by atoms with van der Waals surface area (Å²) < 4.78 is 53.2. The van der Waals surface area contributed by atoms with Crippen LogP contribution >= 0.6 is 0 Å². The van der Waals surface area contributed by atoms with E-state index in [1.165, 1.54) is 59.5 Å². The summed E-state index contributed by atoms with van der Waals surface area (Å²) in [5, 5.41) is 24.2. The van der Waals surface area contributed by atoms with Crippen LogP contribution in [0.2, 0.25) is 0 Å². The lowest BCUT2D eigenvalue weighted by Crippen LogP contribution is -2.20. The number of aromatic nitrogens is 7. The summed E-state index contributed by atoms with van der Waals surface area (Å²) in [4.78, 5) is 57.2. The van der Waals surface area contributed by atoms with Crippen molar-refractivity contribution in [2.24, 2.45) is 5.73 Å². The molecule has 0 radical (unpaired) electrons. The van der Waals surface area contributed by atoms with Crippen LogP contribution in [0, 0.1) is 25.5 Å². The first-order valence-electron chi connectivity index (χ1n) is 20.5. The van der Waals surface area contributed by atoms with E-state index >= 15 is 0 Å². The maximum absolute atomic E-state index is 13.5. The number of amides is 3. The van der Waals surface area contributed by atoms with Crippen molar-refractivity contribution in [1.82, 2.24) is 45.8 Å². The Balaban J connectivity index is 0.000000277. The zero-order chi connectivity index (χ0) is 49.9. The van der Waals surface area contributed by atoms with Crippen molar-refractivity contribution >= 4 is 63.7 Å². The molecular weight excluding hydrogens is 874 g/mol. The molecule has 0 aliphatic carbocycles. The number of anilines is 8. The fourth-order valence-electron chi connectivity index (χ4n) is 6.08. The number of aromatic amines is 1. The fraction of sp³-hybridized carbons (Fsp3) is 0.178. The topological polar surface area (TPSA) is 261 Å². The Morgan fingerprint density at radius 2 is 1.07 bits per heavy atom. The quantitative estimate of drug-likeness (QED) is 0.0521. The number of carbonyl (C=O) groups excluding carboxylic acids is 3. The number of para-hydroxylation sites is 2. The van der Waals surface area contributed by atoms with Crippen LogP contribution in [0.3, 0.4) is 0 Å². The van der Waals surface area contributed by atoms with Gasteiger partial charge < -0.3 is 47.1 Å². The van der Waals surface area contributed by atoms with Gasteiger partial charge in [0.1, 0.15) is 41.2 Å². The molecule has 0 atom stereocenters. The predicted molar refractivity (Wildman–Crippen MR) is 250 cm³/mol. The number of benzene rings is 2. The van der Waals surface area contributed by atoms with Gasteiger partial charge in [0.05, 0.1) is 78.8 Å². The summed E-state index contributed by atoms with van der Waals surface area (Å²) in [5.74, 6) is 0.704. The van der Waals surface area contributed by atoms with E-state index in [1.54, 1.807) is 51.3 Å². The maximum Gasteiger partial charge on any atom is 0.254 e. The van der Waals surface area contributed by atoms with Gasteiger partial charge in [-0.2, -0.15) is 5.10 Å². The summed E-state index contributed by atoms with van der Waals surface area (Å²) in [6, 6.07) is 16.7. The van der Waals surface area contributed by atoms with Crippen molar-refractivity contribution < 1.29 is 38.4 Å². The Bertz CT molecular complexity index is 2840. The molecule has 0 unspecified atom stereocenters. The third-order valence-corrected chi connectivity index (χ3v) is 9.27. The van der Waals surface area contributed by atoms with E-state index in [9.17, 15) is 27.6 Å². The van der Waals surface area contributed by atoms with Crippen molar-refractivity contribution in [2.75, 3.05) is 56.8 Å². The summed E-state index contributed by atoms with van der Waals surface area (Å²) in [5.41, 5.74) is 9.63. The minimum Gasteiger partial charge on any atom is -0.494 e. The largest absolute Gasteiger partial charge is 0.494 e. The number of alkyl halides is 1. The maximum atomic E-state index is 13.5. The molecule has 7 rings (SSSR count). The van der Waals surface area contributed by atoms with Crippen molar-refractivity contribution in [1.29, 1.82) is 0 Å². The molecule has 0 bridgehead atoms. The average molecular weight is 924 g/mol. The monoisotopic (exact) mass is 923 g/mol. The number of pyridine rings is 4. The molecule has 0 spiro atoms. The Morgan fingerprint density at radius 3 is 1.49 bits per heavy atom. The Hall–Kier alpha value is -8.82. The van der Waals surface area contributed by atoms with E-state index in [4.69, 9.17) is 16.6 Å². The van der Waals surface area contributed by atoms with Crippen molar-refractivity contribution in [2.45, 2.75) is 21.3 Å². The van der Waals surface area contributed by atoms with Crippen LogP contribution in [0.4, 0.5) is 59.2 Å². The fourth-order valence-corrected chi connectivity index (χ4v) is 6.08. The molecule has 22 heteroatoms. The van der Waals surface area contributed by atoms with Gasteiger partial charge in [0.15, 0.2) is 17.3 Å². The number of methoxy groups -OCH3 is 2. The lowest BCUT2D eigenvalue weighted by Gasteiger charge is -2.17. The average Bonchev–Trinajstić information content (AvgIpc) is 3.90. The molecule has 19 nitrogen and oxygen atoms in total. The molecule has 5 heterocycles. The molecule has 2 aromatic carbocycles. The molecule has 7 aromatic rings. The van der Waals surface area contributed by atoms with E-state index in [1.807, 2.05) is 18.2 Å². The van der Waals surface area contributed by atoms with Gasteiger partial charge in [0, 0.05) is 40.0 Å². The number of aryl methyl sites for hydroxylation is 2. The number of primary amides is 1. The van der Waals surface area contributed by atoms with Crippen LogP contribution in [0.5, 0.6) is 11.5 Å². The third-order valence-electron chi connectivity index (χ3n) is 9.27. The van der Waals surface area contributed by atoms with Gasteiger partial charge in [-0.15, -0.1) is 0 Å². The van der Waals surface area contributed by atoms with Crippen LogP contribution in [0.1, 0.15) is 51.0 Å². The molecule has 67 heavy (non-hydrogen) atoms. The van der Waals surface area contributed by atoms with Gasteiger partial charge >= 0.3 is 0 Å². The van der Waals surface area contributed by atoms with Gasteiger partial charge in [-0.25, -0.2) is 33.7 Å². The second kappa shape index (κ2) is 23.7. The third kappa shape index (κ3) is 12.5. The normalized spacial score (nSPS) is 10.2. The molecule has 3 amide bonds. The van der Waals surface area contributed by atoms with Crippen LogP contribution in [0.25, 0.3) is 11.4 Å². The Kier molecular flexibility index (Phi) is 17.4. The van der Waals surface area contributed by atoms with Crippen molar-refractivity contribution in [3.63, 3.8) is 0 Å². The molecule has 0 saturated heterocycles. The summed E-state index contributed by atoms with van der Waals surface area (Å²) in [6.07, 6.45) is 6.47. The number of hydrogen-bond acceptors (Lipinski definition) is 15. The lowest BCUT2D eigenvalue weighted by molar-refractivity contribution is 0.0955. The van der Waals surface area contributed by atoms with E-state index in [-0.39, 0.29) is 28.7 Å². The van der Waals surface area contributed by atoms with Crippen molar-refractivity contribution in [3.8, 4) is 22.9 Å². The first-order chi connectivity index (χ1) is 32.8. The highest BCUT2D eigenvalue weighted by atomic mass is 19.1. The highest BCUT2D eigenvalue weighted by Gasteiger charge is 2.20. The van der Waals surface area contributed by atoms with E-state index in [0.29, 0.717) is 87.0 Å². The Labute approximate surface area is 385 Å². The van der Waals surface area contributed by atoms with Crippen LogP contribution in [-0.4, -0.2) is 88.3 Å². The van der Waals surface area contributed by atoms with E-state index < -0.39 is 17.5 Å². The smallest absolute Gasteiger partial charge is 0.254 e. The zero-order valence-corrected chi connectivity index (χ0v) is 37.6. The van der Waals surface area contributed by atoms with Gasteiger partial charge in [-0.1, -0.05) is 19.5 Å². The standard InChI is InChI=1S/C22H21FN8O2.C21H21FN6O3.CH3F.CH4/c1-12-7-18(26-10-15(12)23)30-19-8-17(14(9-25-19)22(32)24-2)29-16-6-4-5-13(20(16)33-3)21-27-11-28-31-21;1-11-7-17(26-10-14(11)22)28-18-8-16(13(9-25-18)21(30)24-2)27-15-6-4-5-12(20(23)29)19(15)31-3;1-2;/h4-11H,1-3H3,(H,24,32)(H,27,28,31)(H2,25,26,29,30);4-10H,1-3H3,(H2,23,29)(H,24,30)(H2,25,26,27,28);1H3;1H4/i;;;1D. The highest BCUT2D eigenvalue weighted by molar-refractivity contribution is 6.02. The highest BCUT2D eigenvalue weighted by Crippen LogP contribution is 2.38. The number of H-pyrrole nitrogens is 1. The number of nitrogens with zero attached hydrogens (tertiary/aromatic N) is 6. The number of nitrogens with two attached hydrogens (primary N) is 1. The first-order valence-corrected chi connectivity index (χ1v) is 19.5. The van der Waals surface area contributed by atoms with Gasteiger partial charge in [-0.05, 0) is 61.4 Å². The van der Waals surface area contributed by atoms with E-state index in [0.717, 1.165) is 12.4 Å². The van der Waals surface area contributed by atoms with Crippen LogP contribution in [-0.2, 0) is 0 Å². The second-order valence-electron chi connectivity index (χ2n) is 13.5. The summed E-state index contributed by atoms with van der Waals surface area (Å²) in [6.45, 7) is 3.26. The Morgan fingerprint density at radius 1 is 0.627 bits per heavy atom. The van der Waals surface area contributed by atoms with Crippen molar-refractivity contribution in [3.05, 3.63) is 131 Å². The molecule has 350 valence electrons. The van der Waals surface area contributed by atoms with Crippen LogP contribution in [0.15, 0.2) is 91.8 Å². The number of ether oxygens (including phenoxy) is 2. The molecular formula is C45H49F3N14O5. The molecule has 5 aromatic heterocycles. The summed E-state index contributed by atoms with van der Waals surface area (Å²) in [7, 11) is 7.74. The minimum atomic E-state index is -0.651. The minimum absolute atomic E-state index is 0.187. The van der Waals surface area contributed by atoms with Gasteiger partial charge in [0.2, 0.25) is 0 Å². The summed E-state index contributed by atoms with van der Waals surface area (Å²) >= 11 is 0. The first kappa shape index (κ1) is 49.2. The number of rotatable bonds is 14. The number of hydrogen-bond donors (Lipinski definition) is 8. The lowest BCUT2D eigenvalue weighted by atomic mass is 10.1. The number of carbonyl (C=O) groups is 3.